The van der Waals surface area contributed by atoms with Gasteiger partial charge in [-0.1, -0.05) is 121 Å². The van der Waals surface area contributed by atoms with Crippen LogP contribution in [0, 0.1) is 0 Å². The lowest BCUT2D eigenvalue weighted by Gasteiger charge is -2.37. The van der Waals surface area contributed by atoms with Gasteiger partial charge in [-0.3, -0.25) is 9.59 Å². The molecular formula is C40H38N4O6S2. The Balaban J connectivity index is 1.25. The van der Waals surface area contributed by atoms with E-state index < -0.39 is 41.7 Å². The standard InChI is InChI=1S/C40H38N4O6S2/c1-39(2)49-32-29(24-47-40(26-18-10-5-11-19-26,27-20-12-6-13-21-27)28-22-14-7-15-23-28)48-33(34(32)50-39)30-31(35(36(41)45)52-44-30)42-38(51-3)43-37(46)25-16-8-4-9-17-25/h4-23,29,32-34H,24H2,1-3H3,(H2,41,45)(H,42,43,46)/t29-,32-,33+,34-/m1/s1. The molecule has 7 rings (SSSR count). The van der Waals surface area contributed by atoms with Gasteiger partial charge < -0.3 is 30.0 Å². The first-order chi connectivity index (χ1) is 25.2. The van der Waals surface area contributed by atoms with Crippen LogP contribution in [0.25, 0.3) is 0 Å². The van der Waals surface area contributed by atoms with Gasteiger partial charge in [0.2, 0.25) is 0 Å². The number of nitrogens with two attached hydrogens (primary N) is 1. The number of ether oxygens (including phenoxy) is 4. The average molecular weight is 735 g/mol. The van der Waals surface area contributed by atoms with Crippen molar-refractivity contribution in [3.63, 3.8) is 0 Å². The van der Waals surface area contributed by atoms with Crippen molar-refractivity contribution in [3.05, 3.63) is 154 Å². The number of primary amides is 1. The number of nitrogens with one attached hydrogen (secondary N) is 1. The average Bonchev–Trinajstić information content (AvgIpc) is 3.83. The summed E-state index contributed by atoms with van der Waals surface area (Å²) in [4.78, 5) is 30.6. The summed E-state index contributed by atoms with van der Waals surface area (Å²) in [6, 6.07) is 39.1. The first kappa shape index (κ1) is 35.7. The van der Waals surface area contributed by atoms with Crippen molar-refractivity contribution in [2.75, 3.05) is 12.9 Å². The highest BCUT2D eigenvalue weighted by Gasteiger charge is 2.57. The number of carbonyl (C=O) groups excluding carboxylic acids is 2. The minimum Gasteiger partial charge on any atom is -0.365 e. The number of hydrogen-bond donors (Lipinski definition) is 2. The molecule has 1 aromatic heterocycles. The maximum Gasteiger partial charge on any atom is 0.262 e. The molecule has 52 heavy (non-hydrogen) atoms. The molecule has 2 saturated heterocycles. The zero-order valence-electron chi connectivity index (χ0n) is 28.8. The predicted molar refractivity (Wildman–Crippen MR) is 202 cm³/mol. The largest absolute Gasteiger partial charge is 0.365 e. The fraction of sp³-hybridized carbons (Fsp3) is 0.250. The Labute approximate surface area is 310 Å². The molecule has 266 valence electrons. The molecule has 0 radical (unpaired) electrons. The summed E-state index contributed by atoms with van der Waals surface area (Å²) >= 11 is 2.14. The van der Waals surface area contributed by atoms with E-state index in [1.54, 1.807) is 30.5 Å². The Morgan fingerprint density at radius 3 is 1.90 bits per heavy atom. The molecule has 0 bridgehead atoms. The van der Waals surface area contributed by atoms with E-state index in [-0.39, 0.29) is 28.2 Å². The van der Waals surface area contributed by atoms with Crippen molar-refractivity contribution in [1.82, 2.24) is 9.69 Å². The number of thioether (sulfide) groups is 1. The van der Waals surface area contributed by atoms with E-state index in [0.717, 1.165) is 28.2 Å². The second kappa shape index (κ2) is 15.1. The van der Waals surface area contributed by atoms with Crippen molar-refractivity contribution in [2.24, 2.45) is 10.7 Å². The Morgan fingerprint density at radius 1 is 0.865 bits per heavy atom. The van der Waals surface area contributed by atoms with E-state index >= 15 is 0 Å². The van der Waals surface area contributed by atoms with Crippen LogP contribution in [0.15, 0.2) is 126 Å². The molecule has 0 spiro atoms. The molecule has 2 aliphatic rings. The third-order valence-corrected chi connectivity index (χ3v) is 10.4. The molecule has 2 amide bonds. The Bertz CT molecular complexity index is 1950. The van der Waals surface area contributed by atoms with Gasteiger partial charge in [0.05, 0.1) is 6.61 Å². The van der Waals surface area contributed by atoms with E-state index in [1.165, 1.54) is 11.8 Å². The monoisotopic (exact) mass is 734 g/mol. The zero-order valence-corrected chi connectivity index (χ0v) is 30.4. The lowest BCUT2D eigenvalue weighted by molar-refractivity contribution is -0.196. The number of fused-ring (bicyclic) bond motifs is 1. The highest BCUT2D eigenvalue weighted by atomic mass is 32.2. The van der Waals surface area contributed by atoms with Crippen molar-refractivity contribution in [1.29, 1.82) is 0 Å². The molecule has 12 heteroatoms. The van der Waals surface area contributed by atoms with Crippen LogP contribution in [-0.4, -0.2) is 58.3 Å². The second-order valence-electron chi connectivity index (χ2n) is 12.8. The summed E-state index contributed by atoms with van der Waals surface area (Å²) in [5, 5.41) is 3.10. The van der Waals surface area contributed by atoms with Crippen molar-refractivity contribution >= 4 is 46.0 Å². The molecule has 2 fully saturated rings. The number of aliphatic imine (C=N–C) groups is 1. The van der Waals surface area contributed by atoms with Crippen LogP contribution in [0.4, 0.5) is 5.69 Å². The molecule has 4 aromatic carbocycles. The van der Waals surface area contributed by atoms with Gasteiger partial charge in [0.1, 0.15) is 46.3 Å². The lowest BCUT2D eigenvalue weighted by Crippen LogP contribution is -2.39. The Morgan fingerprint density at radius 2 is 1.38 bits per heavy atom. The lowest BCUT2D eigenvalue weighted by atomic mass is 9.80. The number of hydrogen-bond acceptors (Lipinski definition) is 10. The highest BCUT2D eigenvalue weighted by molar-refractivity contribution is 8.13. The topological polar surface area (TPSA) is 134 Å². The smallest absolute Gasteiger partial charge is 0.262 e. The van der Waals surface area contributed by atoms with Gasteiger partial charge >= 0.3 is 0 Å². The number of amidine groups is 1. The van der Waals surface area contributed by atoms with Gasteiger partial charge in [-0.15, -0.1) is 0 Å². The van der Waals surface area contributed by atoms with Crippen molar-refractivity contribution in [3.8, 4) is 0 Å². The van der Waals surface area contributed by atoms with Gasteiger partial charge in [0.25, 0.3) is 11.8 Å². The Kier molecular flexibility index (Phi) is 10.4. The van der Waals surface area contributed by atoms with Crippen LogP contribution < -0.4 is 11.1 Å². The Hall–Kier alpha value is -4.69. The van der Waals surface area contributed by atoms with Gasteiger partial charge in [-0.05, 0) is 60.5 Å². The van der Waals surface area contributed by atoms with Gasteiger partial charge in [0.15, 0.2) is 11.0 Å². The summed E-state index contributed by atoms with van der Waals surface area (Å²) < 4.78 is 31.5. The molecule has 0 aliphatic carbocycles. The molecule has 5 aromatic rings. The highest BCUT2D eigenvalue weighted by Crippen LogP contribution is 2.49. The summed E-state index contributed by atoms with van der Waals surface area (Å²) in [6.45, 7) is 3.81. The van der Waals surface area contributed by atoms with Crippen molar-refractivity contribution < 1.29 is 28.5 Å². The number of benzene rings is 4. The van der Waals surface area contributed by atoms with Crippen LogP contribution in [-0.2, 0) is 24.5 Å². The molecule has 10 nitrogen and oxygen atoms in total. The number of carbonyl (C=O) groups is 2. The minimum absolute atomic E-state index is 0.115. The molecule has 2 aliphatic heterocycles. The predicted octanol–water partition coefficient (Wildman–Crippen LogP) is 6.99. The molecular weight excluding hydrogens is 697 g/mol. The minimum atomic E-state index is -0.991. The van der Waals surface area contributed by atoms with Gasteiger partial charge in [-0.25, -0.2) is 4.99 Å². The van der Waals surface area contributed by atoms with Crippen LogP contribution in [0.1, 0.15) is 62.4 Å². The first-order valence-electron chi connectivity index (χ1n) is 16.8. The third kappa shape index (κ3) is 7.05. The SMILES string of the molecule is CSC(=Nc1c([C@@H]2O[C@H](COC(c3ccccc3)(c3ccccc3)c3ccccc3)[C@H]3OC(C)(C)O[C@H]32)nsc1C(N)=O)NC(=O)c1ccccc1. The number of aromatic nitrogens is 1. The second-order valence-corrected chi connectivity index (χ2v) is 14.4. The molecule has 3 heterocycles. The quantitative estimate of drug-likeness (QED) is 0.0891. The summed E-state index contributed by atoms with van der Waals surface area (Å²) in [5.74, 6) is -1.99. The molecule has 4 atom stereocenters. The number of rotatable bonds is 10. The molecule has 3 N–H and O–H groups in total. The number of nitrogens with zero attached hydrogens (tertiary/aromatic N) is 2. The molecule has 0 saturated carbocycles. The first-order valence-corrected chi connectivity index (χ1v) is 18.8. The fourth-order valence-electron chi connectivity index (χ4n) is 6.75. The fourth-order valence-corrected chi connectivity index (χ4v) is 7.83. The van der Waals surface area contributed by atoms with E-state index in [4.69, 9.17) is 29.7 Å². The van der Waals surface area contributed by atoms with Crippen LogP contribution >= 0.6 is 23.3 Å². The van der Waals surface area contributed by atoms with Gasteiger partial charge in [0, 0.05) is 5.56 Å². The summed E-state index contributed by atoms with van der Waals surface area (Å²) in [6.07, 6.45) is -0.792. The van der Waals surface area contributed by atoms with E-state index in [2.05, 4.69) is 46.1 Å². The third-order valence-electron chi connectivity index (χ3n) is 9.00. The van der Waals surface area contributed by atoms with Gasteiger partial charge in [-0.2, -0.15) is 4.37 Å². The van der Waals surface area contributed by atoms with Crippen LogP contribution in [0.2, 0.25) is 0 Å². The van der Waals surface area contributed by atoms with Crippen LogP contribution in [0.3, 0.4) is 0 Å². The van der Waals surface area contributed by atoms with E-state index in [9.17, 15) is 9.59 Å². The normalized spacial score (nSPS) is 21.1. The maximum absolute atomic E-state index is 13.0. The summed E-state index contributed by atoms with van der Waals surface area (Å²) in [7, 11) is 0. The zero-order chi connectivity index (χ0) is 36.3. The van der Waals surface area contributed by atoms with Crippen LogP contribution in [0.5, 0.6) is 0 Å². The van der Waals surface area contributed by atoms with E-state index in [0.29, 0.717) is 11.3 Å². The maximum atomic E-state index is 13.0. The van der Waals surface area contributed by atoms with Crippen molar-refractivity contribution in [2.45, 2.75) is 49.7 Å². The summed E-state index contributed by atoms with van der Waals surface area (Å²) in [5.41, 5.74) is 8.72. The van der Waals surface area contributed by atoms with E-state index in [1.807, 2.05) is 74.5 Å². The number of amides is 2. The molecule has 0 unspecified atom stereocenters.